The Labute approximate surface area is 165 Å². The molecule has 0 aliphatic heterocycles. The Morgan fingerprint density at radius 3 is 2.32 bits per heavy atom. The zero-order chi connectivity index (χ0) is 21.6. The molecule has 0 aromatic heterocycles. The van der Waals surface area contributed by atoms with E-state index in [2.05, 4.69) is 11.9 Å². The molecule has 0 saturated heterocycles. The van der Waals surface area contributed by atoms with Gasteiger partial charge in [0.05, 0.1) is 6.61 Å². The number of rotatable bonds is 11. The summed E-state index contributed by atoms with van der Waals surface area (Å²) in [6.07, 6.45) is 1.04. The van der Waals surface area contributed by atoms with Gasteiger partial charge in [0, 0.05) is 30.6 Å². The molecule has 0 aliphatic carbocycles. The van der Waals surface area contributed by atoms with Crippen molar-refractivity contribution in [1.29, 1.82) is 0 Å². The van der Waals surface area contributed by atoms with Gasteiger partial charge in [0.25, 0.3) is 0 Å². The van der Waals surface area contributed by atoms with Crippen LogP contribution < -0.4 is 5.32 Å². The van der Waals surface area contributed by atoms with Crippen molar-refractivity contribution in [1.82, 2.24) is 5.32 Å². The number of aliphatic hydroxyl groups excluding tert-OH is 1. The molecule has 1 aromatic carbocycles. The molecule has 0 saturated carbocycles. The molecule has 0 aliphatic rings. The average Bonchev–Trinajstić information content (AvgIpc) is 2.65. The smallest absolute Gasteiger partial charge is 0.333 e. The number of nitrogens with one attached hydrogen (secondary N) is 1. The minimum absolute atomic E-state index is 0.0724. The zero-order valence-electron chi connectivity index (χ0n) is 16.4. The van der Waals surface area contributed by atoms with Gasteiger partial charge in [0.15, 0.2) is 5.79 Å². The van der Waals surface area contributed by atoms with E-state index in [1.54, 1.807) is 37.3 Å². The Balaban J connectivity index is 0.000000540. The molecule has 158 valence electrons. The first kappa shape index (κ1) is 25.7. The van der Waals surface area contributed by atoms with Crippen LogP contribution in [0.25, 0.3) is 0 Å². The van der Waals surface area contributed by atoms with E-state index in [9.17, 15) is 19.8 Å². The number of esters is 1. The summed E-state index contributed by atoms with van der Waals surface area (Å²) in [4.78, 5) is 21.8. The van der Waals surface area contributed by atoms with Crippen LogP contribution in [-0.4, -0.2) is 58.2 Å². The quantitative estimate of drug-likeness (QED) is 0.213. The summed E-state index contributed by atoms with van der Waals surface area (Å²) in [5.41, 5.74) is 0.715. The summed E-state index contributed by atoms with van der Waals surface area (Å²) < 4.78 is 4.82. The highest BCUT2D eigenvalue weighted by molar-refractivity contribution is 5.86. The first-order valence-electron chi connectivity index (χ1n) is 9.05. The van der Waals surface area contributed by atoms with Crippen molar-refractivity contribution in [3.05, 3.63) is 48.0 Å². The highest BCUT2D eigenvalue weighted by atomic mass is 16.5. The largest absolute Gasteiger partial charge is 0.480 e. The molecule has 1 aromatic rings. The van der Waals surface area contributed by atoms with Crippen molar-refractivity contribution in [3.63, 3.8) is 0 Å². The summed E-state index contributed by atoms with van der Waals surface area (Å²) in [6.45, 7) is 7.40. The van der Waals surface area contributed by atoms with E-state index in [4.69, 9.17) is 14.9 Å². The third-order valence-corrected chi connectivity index (χ3v) is 3.62. The predicted octanol–water partition coefficient (Wildman–Crippen LogP) is 1.16. The van der Waals surface area contributed by atoms with Crippen LogP contribution in [0, 0.1) is 0 Å². The Morgan fingerprint density at radius 2 is 1.86 bits per heavy atom. The van der Waals surface area contributed by atoms with E-state index in [1.807, 2.05) is 6.92 Å². The molecule has 8 nitrogen and oxygen atoms in total. The maximum atomic E-state index is 11.0. The second kappa shape index (κ2) is 13.8. The van der Waals surface area contributed by atoms with Gasteiger partial charge in [-0.1, -0.05) is 43.8 Å². The van der Waals surface area contributed by atoms with Crippen LogP contribution in [0.3, 0.4) is 0 Å². The van der Waals surface area contributed by atoms with Crippen LogP contribution in [0.1, 0.15) is 38.7 Å². The van der Waals surface area contributed by atoms with Gasteiger partial charge < -0.3 is 30.5 Å². The lowest BCUT2D eigenvalue weighted by molar-refractivity contribution is -0.179. The molecule has 0 spiro atoms. The summed E-state index contributed by atoms with van der Waals surface area (Å²) in [7, 11) is 0. The first-order chi connectivity index (χ1) is 13.2. The number of hydrogen-bond acceptors (Lipinski definition) is 7. The fraction of sp³-hybridized carbons (Fsp3) is 0.500. The minimum atomic E-state index is -1.91. The molecule has 0 heterocycles. The molecule has 0 bridgehead atoms. The highest BCUT2D eigenvalue weighted by Crippen LogP contribution is 2.20. The van der Waals surface area contributed by atoms with Gasteiger partial charge in [-0.15, -0.1) is 0 Å². The standard InChI is InChI=1S/C11H19NO4.C9H12O3/c1-4-6-12-9(10(13)14)5-7-16-11(15)8(2)3;10-7-6-9(11,12)8-4-2-1-3-5-8/h9,12H,2,4-7H2,1,3H3,(H,13,14);1-5,10-12H,6-7H2. The van der Waals surface area contributed by atoms with Crippen molar-refractivity contribution in [2.75, 3.05) is 19.8 Å². The molecule has 0 fully saturated rings. The zero-order valence-corrected chi connectivity index (χ0v) is 16.4. The number of carboxylic acid groups (broad SMARTS) is 1. The number of carboxylic acids is 1. The topological polar surface area (TPSA) is 136 Å². The monoisotopic (exact) mass is 397 g/mol. The van der Waals surface area contributed by atoms with Crippen molar-refractivity contribution in [2.24, 2.45) is 0 Å². The lowest BCUT2D eigenvalue weighted by atomic mass is 10.0. The van der Waals surface area contributed by atoms with Crippen molar-refractivity contribution in [2.45, 2.75) is 44.9 Å². The van der Waals surface area contributed by atoms with Gasteiger partial charge in [-0.2, -0.15) is 0 Å². The number of aliphatic carboxylic acids is 1. The Kier molecular flexibility index (Phi) is 12.7. The Bertz CT molecular complexity index is 602. The summed E-state index contributed by atoms with van der Waals surface area (Å²) in [5.74, 6) is -3.32. The number of carbonyl (C=O) groups is 2. The fourth-order valence-corrected chi connectivity index (χ4v) is 2.03. The normalized spacial score (nSPS) is 11.8. The molecule has 5 N–H and O–H groups in total. The van der Waals surface area contributed by atoms with E-state index < -0.39 is 23.8 Å². The van der Waals surface area contributed by atoms with Crippen LogP contribution >= 0.6 is 0 Å². The van der Waals surface area contributed by atoms with Crippen LogP contribution in [0.2, 0.25) is 0 Å². The molecule has 1 rings (SSSR count). The SMILES string of the molecule is C=C(C)C(=O)OCCC(NCCC)C(=O)O.OCCC(O)(O)c1ccccc1. The molecule has 8 heteroatoms. The van der Waals surface area contributed by atoms with E-state index in [0.29, 0.717) is 17.7 Å². The molecular weight excluding hydrogens is 366 g/mol. The lowest BCUT2D eigenvalue weighted by Gasteiger charge is -2.20. The summed E-state index contributed by atoms with van der Waals surface area (Å²) >= 11 is 0. The third kappa shape index (κ3) is 10.8. The predicted molar refractivity (Wildman–Crippen MR) is 104 cm³/mol. The number of ether oxygens (including phenoxy) is 1. The van der Waals surface area contributed by atoms with Gasteiger partial charge >= 0.3 is 11.9 Å². The summed E-state index contributed by atoms with van der Waals surface area (Å²) in [5, 5.41) is 39.0. The lowest BCUT2D eigenvalue weighted by Crippen LogP contribution is -2.38. The van der Waals surface area contributed by atoms with E-state index in [-0.39, 0.29) is 26.1 Å². The van der Waals surface area contributed by atoms with Crippen molar-refractivity contribution >= 4 is 11.9 Å². The fourth-order valence-electron chi connectivity index (χ4n) is 2.03. The van der Waals surface area contributed by atoms with Crippen LogP contribution in [0.15, 0.2) is 42.5 Å². The van der Waals surface area contributed by atoms with Crippen LogP contribution in [-0.2, 0) is 20.1 Å². The van der Waals surface area contributed by atoms with Gasteiger partial charge in [0.2, 0.25) is 0 Å². The Morgan fingerprint density at radius 1 is 1.25 bits per heavy atom. The Hall–Kier alpha value is -2.26. The molecule has 28 heavy (non-hydrogen) atoms. The van der Waals surface area contributed by atoms with Crippen molar-refractivity contribution < 1.29 is 34.8 Å². The van der Waals surface area contributed by atoms with E-state index in [1.165, 1.54) is 0 Å². The van der Waals surface area contributed by atoms with Crippen LogP contribution in [0.5, 0.6) is 0 Å². The first-order valence-corrected chi connectivity index (χ1v) is 9.05. The van der Waals surface area contributed by atoms with Crippen LogP contribution in [0.4, 0.5) is 0 Å². The second-order valence-corrected chi connectivity index (χ2v) is 6.21. The second-order valence-electron chi connectivity index (χ2n) is 6.21. The van der Waals surface area contributed by atoms with Gasteiger partial charge in [-0.25, -0.2) is 4.79 Å². The molecule has 0 radical (unpaired) electrons. The van der Waals surface area contributed by atoms with Gasteiger partial charge in [0.1, 0.15) is 6.04 Å². The third-order valence-electron chi connectivity index (χ3n) is 3.62. The number of benzene rings is 1. The number of carbonyl (C=O) groups excluding carboxylic acids is 1. The van der Waals surface area contributed by atoms with E-state index >= 15 is 0 Å². The van der Waals surface area contributed by atoms with Gasteiger partial charge in [-0.3, -0.25) is 4.79 Å². The maximum absolute atomic E-state index is 11.0. The average molecular weight is 397 g/mol. The van der Waals surface area contributed by atoms with Gasteiger partial charge in [-0.05, 0) is 19.9 Å². The highest BCUT2D eigenvalue weighted by Gasteiger charge is 2.24. The molecular formula is C20H31NO7. The minimum Gasteiger partial charge on any atom is -0.480 e. The molecule has 1 unspecified atom stereocenters. The van der Waals surface area contributed by atoms with E-state index in [0.717, 1.165) is 6.42 Å². The van der Waals surface area contributed by atoms with Crippen molar-refractivity contribution in [3.8, 4) is 0 Å². The maximum Gasteiger partial charge on any atom is 0.333 e. The number of aliphatic hydroxyl groups is 3. The molecule has 0 amide bonds. The molecule has 1 atom stereocenters. The number of hydrogen-bond donors (Lipinski definition) is 5. The summed E-state index contributed by atoms with van der Waals surface area (Å²) in [6, 6.07) is 7.77.